The third-order valence-electron chi connectivity index (χ3n) is 3.20. The molecule has 2 aromatic carbocycles. The van der Waals surface area contributed by atoms with Gasteiger partial charge in [-0.15, -0.1) is 0 Å². The Morgan fingerprint density at radius 2 is 1.95 bits per heavy atom. The van der Waals surface area contributed by atoms with Crippen molar-refractivity contribution in [2.75, 3.05) is 0 Å². The third kappa shape index (κ3) is 3.50. The predicted molar refractivity (Wildman–Crippen MR) is 77.8 cm³/mol. The maximum Gasteiger partial charge on any atom is 0.145 e. The van der Waals surface area contributed by atoms with Crippen LogP contribution in [0, 0.1) is 5.82 Å². The van der Waals surface area contributed by atoms with E-state index in [4.69, 9.17) is 16.3 Å². The Bertz CT molecular complexity index is 613. The fourth-order valence-corrected chi connectivity index (χ4v) is 2.06. The standard InChI is InChI=1S/C16H15ClFNO/c17-15-7-6-14(9-16(15)18)20-13-3-1-2-11(8-13)10-19-12-4-5-12/h1-3,6-9,12,19H,4-5,10H2. The summed E-state index contributed by atoms with van der Waals surface area (Å²) in [6.45, 7) is 0.830. The van der Waals surface area contributed by atoms with E-state index in [0.29, 0.717) is 17.5 Å². The molecule has 0 heterocycles. The van der Waals surface area contributed by atoms with Crippen molar-refractivity contribution in [2.24, 2.45) is 0 Å². The molecule has 3 rings (SSSR count). The molecular formula is C16H15ClFNO. The van der Waals surface area contributed by atoms with Gasteiger partial charge in [-0.25, -0.2) is 4.39 Å². The fraction of sp³-hybridized carbons (Fsp3) is 0.250. The summed E-state index contributed by atoms with van der Waals surface area (Å²) in [6, 6.07) is 12.9. The van der Waals surface area contributed by atoms with Gasteiger partial charge in [0.15, 0.2) is 0 Å². The van der Waals surface area contributed by atoms with Crippen molar-refractivity contribution < 1.29 is 9.13 Å². The van der Waals surface area contributed by atoms with Crippen molar-refractivity contribution in [2.45, 2.75) is 25.4 Å². The number of nitrogens with one attached hydrogen (secondary N) is 1. The molecule has 1 saturated carbocycles. The van der Waals surface area contributed by atoms with E-state index >= 15 is 0 Å². The van der Waals surface area contributed by atoms with Crippen LogP contribution < -0.4 is 10.1 Å². The number of rotatable bonds is 5. The first-order valence-corrected chi connectivity index (χ1v) is 7.04. The maximum atomic E-state index is 13.4. The number of hydrogen-bond acceptors (Lipinski definition) is 2. The highest BCUT2D eigenvalue weighted by molar-refractivity contribution is 6.30. The zero-order valence-corrected chi connectivity index (χ0v) is 11.7. The van der Waals surface area contributed by atoms with Crippen LogP contribution in [-0.2, 0) is 6.54 Å². The molecule has 104 valence electrons. The molecular weight excluding hydrogens is 277 g/mol. The lowest BCUT2D eigenvalue weighted by Crippen LogP contribution is -2.15. The minimum atomic E-state index is -0.476. The summed E-state index contributed by atoms with van der Waals surface area (Å²) in [5, 5.41) is 3.54. The van der Waals surface area contributed by atoms with Crippen LogP contribution in [0.5, 0.6) is 11.5 Å². The van der Waals surface area contributed by atoms with Crippen LogP contribution in [0.25, 0.3) is 0 Å². The molecule has 0 amide bonds. The Kier molecular flexibility index (Phi) is 3.90. The molecule has 0 unspecified atom stereocenters. The predicted octanol–water partition coefficient (Wildman–Crippen LogP) is 4.52. The minimum absolute atomic E-state index is 0.0970. The van der Waals surface area contributed by atoms with E-state index in [-0.39, 0.29) is 5.02 Å². The fourth-order valence-electron chi connectivity index (χ4n) is 1.95. The molecule has 0 spiro atoms. The first kappa shape index (κ1) is 13.4. The smallest absolute Gasteiger partial charge is 0.145 e. The quantitative estimate of drug-likeness (QED) is 0.874. The number of hydrogen-bond donors (Lipinski definition) is 1. The summed E-state index contributed by atoms with van der Waals surface area (Å²) in [5.74, 6) is 0.664. The molecule has 20 heavy (non-hydrogen) atoms. The van der Waals surface area contributed by atoms with E-state index in [9.17, 15) is 4.39 Å². The molecule has 0 bridgehead atoms. The van der Waals surface area contributed by atoms with Crippen molar-refractivity contribution in [1.29, 1.82) is 0 Å². The lowest BCUT2D eigenvalue weighted by Gasteiger charge is -2.09. The van der Waals surface area contributed by atoms with Crippen molar-refractivity contribution in [3.05, 3.63) is 58.9 Å². The van der Waals surface area contributed by atoms with Crippen molar-refractivity contribution in [1.82, 2.24) is 5.32 Å². The second kappa shape index (κ2) is 5.81. The van der Waals surface area contributed by atoms with Gasteiger partial charge in [-0.05, 0) is 42.7 Å². The second-order valence-electron chi connectivity index (χ2n) is 4.98. The van der Waals surface area contributed by atoms with Gasteiger partial charge in [0.05, 0.1) is 5.02 Å². The number of ether oxygens (including phenoxy) is 1. The van der Waals surface area contributed by atoms with Gasteiger partial charge in [0.1, 0.15) is 17.3 Å². The highest BCUT2D eigenvalue weighted by Gasteiger charge is 2.19. The molecule has 1 aliphatic carbocycles. The third-order valence-corrected chi connectivity index (χ3v) is 3.50. The van der Waals surface area contributed by atoms with Crippen LogP contribution >= 0.6 is 11.6 Å². The Labute approximate surface area is 122 Å². The second-order valence-corrected chi connectivity index (χ2v) is 5.39. The molecule has 1 fully saturated rings. The molecule has 0 atom stereocenters. The van der Waals surface area contributed by atoms with Crippen molar-refractivity contribution >= 4 is 11.6 Å². The van der Waals surface area contributed by atoms with E-state index in [1.807, 2.05) is 24.3 Å². The van der Waals surface area contributed by atoms with Crippen molar-refractivity contribution in [3.63, 3.8) is 0 Å². The number of benzene rings is 2. The monoisotopic (exact) mass is 291 g/mol. The Hall–Kier alpha value is -1.58. The van der Waals surface area contributed by atoms with Crippen LogP contribution in [-0.4, -0.2) is 6.04 Å². The maximum absolute atomic E-state index is 13.4. The summed E-state index contributed by atoms with van der Waals surface area (Å²) in [5.41, 5.74) is 1.16. The summed E-state index contributed by atoms with van der Waals surface area (Å²) in [4.78, 5) is 0. The summed E-state index contributed by atoms with van der Waals surface area (Å²) < 4.78 is 19.0. The zero-order valence-electron chi connectivity index (χ0n) is 10.9. The van der Waals surface area contributed by atoms with E-state index in [2.05, 4.69) is 5.32 Å². The van der Waals surface area contributed by atoms with E-state index in [1.54, 1.807) is 6.07 Å². The van der Waals surface area contributed by atoms with Crippen LogP contribution in [0.15, 0.2) is 42.5 Å². The SMILES string of the molecule is Fc1cc(Oc2cccc(CNC3CC3)c2)ccc1Cl. The van der Waals surface area contributed by atoms with E-state index in [0.717, 1.165) is 12.1 Å². The normalized spacial score (nSPS) is 14.3. The van der Waals surface area contributed by atoms with Gasteiger partial charge >= 0.3 is 0 Å². The molecule has 0 radical (unpaired) electrons. The highest BCUT2D eigenvalue weighted by Crippen LogP contribution is 2.26. The van der Waals surface area contributed by atoms with Gasteiger partial charge in [-0.2, -0.15) is 0 Å². The summed E-state index contributed by atoms with van der Waals surface area (Å²) in [6.07, 6.45) is 2.53. The van der Waals surface area contributed by atoms with E-state index < -0.39 is 5.82 Å². The molecule has 0 aliphatic heterocycles. The van der Waals surface area contributed by atoms with Crippen LogP contribution in [0.3, 0.4) is 0 Å². The number of halogens is 2. The molecule has 2 nitrogen and oxygen atoms in total. The lowest BCUT2D eigenvalue weighted by molar-refractivity contribution is 0.475. The molecule has 0 saturated heterocycles. The minimum Gasteiger partial charge on any atom is -0.457 e. The Morgan fingerprint density at radius 1 is 1.15 bits per heavy atom. The summed E-state index contributed by atoms with van der Waals surface area (Å²) >= 11 is 5.65. The van der Waals surface area contributed by atoms with Crippen LogP contribution in [0.2, 0.25) is 5.02 Å². The van der Waals surface area contributed by atoms with Gasteiger partial charge in [-0.3, -0.25) is 0 Å². The molecule has 1 N–H and O–H groups in total. The largest absolute Gasteiger partial charge is 0.457 e. The molecule has 2 aromatic rings. The first-order valence-electron chi connectivity index (χ1n) is 6.66. The topological polar surface area (TPSA) is 21.3 Å². The Balaban J connectivity index is 1.69. The average Bonchev–Trinajstić information content (AvgIpc) is 3.25. The average molecular weight is 292 g/mol. The van der Waals surface area contributed by atoms with Gasteiger partial charge in [-0.1, -0.05) is 23.7 Å². The van der Waals surface area contributed by atoms with E-state index in [1.165, 1.54) is 25.0 Å². The molecule has 0 aromatic heterocycles. The zero-order chi connectivity index (χ0) is 13.9. The van der Waals surface area contributed by atoms with Crippen LogP contribution in [0.1, 0.15) is 18.4 Å². The van der Waals surface area contributed by atoms with Gasteiger partial charge in [0.2, 0.25) is 0 Å². The van der Waals surface area contributed by atoms with Gasteiger partial charge in [0.25, 0.3) is 0 Å². The van der Waals surface area contributed by atoms with Crippen molar-refractivity contribution in [3.8, 4) is 11.5 Å². The molecule has 1 aliphatic rings. The van der Waals surface area contributed by atoms with Gasteiger partial charge in [0, 0.05) is 18.7 Å². The highest BCUT2D eigenvalue weighted by atomic mass is 35.5. The van der Waals surface area contributed by atoms with Gasteiger partial charge < -0.3 is 10.1 Å². The summed E-state index contributed by atoms with van der Waals surface area (Å²) in [7, 11) is 0. The Morgan fingerprint density at radius 3 is 2.70 bits per heavy atom. The van der Waals surface area contributed by atoms with Crippen LogP contribution in [0.4, 0.5) is 4.39 Å². The first-order chi connectivity index (χ1) is 9.70. The molecule has 4 heteroatoms. The lowest BCUT2D eigenvalue weighted by atomic mass is 10.2.